The van der Waals surface area contributed by atoms with E-state index in [4.69, 9.17) is 18.0 Å². The molecule has 3 aromatic rings. The number of hydrogen-bond acceptors (Lipinski definition) is 5. The fourth-order valence-corrected chi connectivity index (χ4v) is 4.48. The molecule has 0 aliphatic carbocycles. The van der Waals surface area contributed by atoms with Gasteiger partial charge in [0, 0.05) is 28.1 Å². The highest BCUT2D eigenvalue weighted by Gasteiger charge is 2.16. The van der Waals surface area contributed by atoms with E-state index in [2.05, 4.69) is 20.9 Å². The molecule has 0 aliphatic heterocycles. The fraction of sp³-hybridized carbons (Fsp3) is 0.100. The first-order valence-electron chi connectivity index (χ1n) is 8.42. The minimum absolute atomic E-state index is 0.0426. The van der Waals surface area contributed by atoms with Crippen LogP contribution in [0.15, 0.2) is 59.6 Å². The predicted molar refractivity (Wildman–Crippen MR) is 115 cm³/mol. The molecule has 9 heteroatoms. The monoisotopic (exact) mass is 445 g/mol. The van der Waals surface area contributed by atoms with Crippen LogP contribution in [0.1, 0.15) is 20.8 Å². The average molecular weight is 446 g/mol. The van der Waals surface area contributed by atoms with E-state index in [-0.39, 0.29) is 17.0 Å². The van der Waals surface area contributed by atoms with Crippen LogP contribution in [0.4, 0.5) is 5.13 Å². The number of hydrogen-bond donors (Lipinski definition) is 2. The van der Waals surface area contributed by atoms with E-state index in [1.54, 1.807) is 6.20 Å². The number of aromatic nitrogens is 1. The molecule has 148 valence electrons. The molecule has 2 N–H and O–H groups in total. The van der Waals surface area contributed by atoms with Gasteiger partial charge in [-0.2, -0.15) is 4.72 Å². The first-order valence-corrected chi connectivity index (χ1v) is 11.1. The molecular formula is C20H16ClN3O3S2. The van der Waals surface area contributed by atoms with Crippen LogP contribution in [0, 0.1) is 12.3 Å². The van der Waals surface area contributed by atoms with Gasteiger partial charge in [0.1, 0.15) is 0 Å². The third-order valence-corrected chi connectivity index (χ3v) is 6.55. The number of rotatable bonds is 7. The first kappa shape index (κ1) is 21.0. The van der Waals surface area contributed by atoms with Gasteiger partial charge in [-0.15, -0.1) is 17.8 Å². The van der Waals surface area contributed by atoms with Crippen molar-refractivity contribution in [3.8, 4) is 12.3 Å². The van der Waals surface area contributed by atoms with Crippen LogP contribution in [-0.2, 0) is 16.4 Å². The van der Waals surface area contributed by atoms with Gasteiger partial charge < -0.3 is 0 Å². The molecule has 0 aliphatic rings. The minimum Gasteiger partial charge on any atom is -0.298 e. The van der Waals surface area contributed by atoms with Crippen molar-refractivity contribution in [2.45, 2.75) is 11.3 Å². The number of sulfonamides is 1. The Kier molecular flexibility index (Phi) is 6.67. The molecule has 3 rings (SSSR count). The molecule has 29 heavy (non-hydrogen) atoms. The summed E-state index contributed by atoms with van der Waals surface area (Å²) in [7, 11) is -3.78. The lowest BCUT2D eigenvalue weighted by Crippen LogP contribution is -2.24. The molecule has 0 radical (unpaired) electrons. The summed E-state index contributed by atoms with van der Waals surface area (Å²) in [5.74, 6) is 1.74. The van der Waals surface area contributed by atoms with Crippen LogP contribution in [0.5, 0.6) is 0 Å². The van der Waals surface area contributed by atoms with Crippen molar-refractivity contribution in [1.82, 2.24) is 9.71 Å². The van der Waals surface area contributed by atoms with Crippen molar-refractivity contribution < 1.29 is 13.2 Å². The number of anilines is 1. The standard InChI is InChI=1S/C20H16ClN3O3S2/c1-2-10-23-29(26,27)17-8-5-7-15(12-17)19(25)24-20-22-13-16(28-20)11-14-6-3-4-9-18(14)21/h1,3-9,12-13,23H,10-11H2,(H,22,24,25). The number of benzene rings is 2. The van der Waals surface area contributed by atoms with Gasteiger partial charge in [0.2, 0.25) is 10.0 Å². The van der Waals surface area contributed by atoms with E-state index in [1.807, 2.05) is 24.3 Å². The first-order chi connectivity index (χ1) is 13.9. The highest BCUT2D eigenvalue weighted by atomic mass is 35.5. The zero-order chi connectivity index (χ0) is 20.9. The van der Waals surface area contributed by atoms with Crippen molar-refractivity contribution in [2.75, 3.05) is 11.9 Å². The van der Waals surface area contributed by atoms with Crippen LogP contribution < -0.4 is 10.0 Å². The zero-order valence-electron chi connectivity index (χ0n) is 15.1. The highest BCUT2D eigenvalue weighted by molar-refractivity contribution is 7.89. The van der Waals surface area contributed by atoms with E-state index in [1.165, 1.54) is 35.6 Å². The molecule has 2 aromatic carbocycles. The average Bonchev–Trinajstić information content (AvgIpc) is 3.15. The van der Waals surface area contributed by atoms with Gasteiger partial charge in [0.15, 0.2) is 5.13 Å². The van der Waals surface area contributed by atoms with E-state index >= 15 is 0 Å². The molecule has 0 unspecified atom stereocenters. The molecule has 0 bridgehead atoms. The second-order valence-corrected chi connectivity index (χ2v) is 9.20. The number of amides is 1. The van der Waals surface area contributed by atoms with E-state index in [0.717, 1.165) is 10.4 Å². The van der Waals surface area contributed by atoms with Crippen LogP contribution in [-0.4, -0.2) is 25.9 Å². The maximum atomic E-state index is 12.5. The van der Waals surface area contributed by atoms with Gasteiger partial charge in [-0.25, -0.2) is 13.4 Å². The Morgan fingerprint density at radius 2 is 2.00 bits per heavy atom. The zero-order valence-corrected chi connectivity index (χ0v) is 17.4. The molecule has 6 nitrogen and oxygen atoms in total. The van der Waals surface area contributed by atoms with Gasteiger partial charge in [0.05, 0.1) is 11.4 Å². The second kappa shape index (κ2) is 9.20. The summed E-state index contributed by atoms with van der Waals surface area (Å²) < 4.78 is 26.6. The van der Waals surface area contributed by atoms with Crippen molar-refractivity contribution in [1.29, 1.82) is 0 Å². The summed E-state index contributed by atoms with van der Waals surface area (Å²) in [4.78, 5) is 17.6. The maximum Gasteiger partial charge on any atom is 0.257 e. The topological polar surface area (TPSA) is 88.2 Å². The molecular weight excluding hydrogens is 430 g/mol. The Hall–Kier alpha value is -2.70. The SMILES string of the molecule is C#CCNS(=O)(=O)c1cccc(C(=O)Nc2ncc(Cc3ccccc3Cl)s2)c1. The lowest BCUT2D eigenvalue weighted by atomic mass is 10.1. The Balaban J connectivity index is 1.71. The molecule has 0 fully saturated rings. The molecule has 0 atom stereocenters. The lowest BCUT2D eigenvalue weighted by Gasteiger charge is -2.06. The molecule has 0 saturated heterocycles. The number of nitrogens with zero attached hydrogens (tertiary/aromatic N) is 1. The maximum absolute atomic E-state index is 12.5. The molecule has 1 aromatic heterocycles. The number of terminal acetylenes is 1. The van der Waals surface area contributed by atoms with E-state index in [9.17, 15) is 13.2 Å². The number of carbonyl (C=O) groups is 1. The molecule has 1 heterocycles. The minimum atomic E-state index is -3.78. The Morgan fingerprint density at radius 1 is 1.21 bits per heavy atom. The molecule has 0 spiro atoms. The van der Waals surface area contributed by atoms with Crippen molar-refractivity contribution in [3.63, 3.8) is 0 Å². The molecule has 0 saturated carbocycles. The van der Waals surface area contributed by atoms with Gasteiger partial charge in [-0.1, -0.05) is 41.8 Å². The third-order valence-electron chi connectivity index (χ3n) is 3.87. The summed E-state index contributed by atoms with van der Waals surface area (Å²) in [5.41, 5.74) is 1.16. The van der Waals surface area contributed by atoms with E-state index < -0.39 is 15.9 Å². The number of nitrogens with one attached hydrogen (secondary N) is 2. The summed E-state index contributed by atoms with van der Waals surface area (Å²) in [6.45, 7) is -0.133. The van der Waals surface area contributed by atoms with Crippen LogP contribution in [0.2, 0.25) is 5.02 Å². The highest BCUT2D eigenvalue weighted by Crippen LogP contribution is 2.25. The summed E-state index contributed by atoms with van der Waals surface area (Å²) in [5, 5.41) is 3.77. The van der Waals surface area contributed by atoms with Gasteiger partial charge in [-0.3, -0.25) is 10.1 Å². The second-order valence-electron chi connectivity index (χ2n) is 5.91. The lowest BCUT2D eigenvalue weighted by molar-refractivity contribution is 0.102. The normalized spacial score (nSPS) is 11.0. The van der Waals surface area contributed by atoms with Gasteiger partial charge >= 0.3 is 0 Å². The van der Waals surface area contributed by atoms with Crippen LogP contribution in [0.3, 0.4) is 0 Å². The smallest absolute Gasteiger partial charge is 0.257 e. The van der Waals surface area contributed by atoms with Crippen molar-refractivity contribution in [2.24, 2.45) is 0 Å². The van der Waals surface area contributed by atoms with E-state index in [0.29, 0.717) is 16.6 Å². The largest absolute Gasteiger partial charge is 0.298 e. The third kappa shape index (κ3) is 5.43. The summed E-state index contributed by atoms with van der Waals surface area (Å²) in [6, 6.07) is 13.2. The predicted octanol–water partition coefficient (Wildman–Crippen LogP) is 3.55. The Labute approximate surface area is 178 Å². The number of halogens is 1. The Morgan fingerprint density at radius 3 is 2.76 bits per heavy atom. The summed E-state index contributed by atoms with van der Waals surface area (Å²) >= 11 is 7.50. The quantitative estimate of drug-likeness (QED) is 0.544. The summed E-state index contributed by atoms with van der Waals surface area (Å²) in [6.07, 6.45) is 7.36. The van der Waals surface area contributed by atoms with Crippen LogP contribution >= 0.6 is 22.9 Å². The van der Waals surface area contributed by atoms with Gasteiger partial charge in [-0.05, 0) is 29.8 Å². The van der Waals surface area contributed by atoms with Crippen molar-refractivity contribution in [3.05, 3.63) is 75.8 Å². The van der Waals surface area contributed by atoms with Gasteiger partial charge in [0.25, 0.3) is 5.91 Å². The van der Waals surface area contributed by atoms with Crippen molar-refractivity contribution >= 4 is 44.0 Å². The molecule has 1 amide bonds. The number of carbonyl (C=O) groups excluding carboxylic acids is 1. The van der Waals surface area contributed by atoms with Crippen LogP contribution in [0.25, 0.3) is 0 Å². The number of thiazole rings is 1. The Bertz CT molecular complexity index is 1180. The fourth-order valence-electron chi connectivity index (χ4n) is 2.47.